The highest BCUT2D eigenvalue weighted by Gasteiger charge is 2.24. The smallest absolute Gasteiger partial charge is 0.257 e. The molecular weight excluding hydrogens is 322 g/mol. The molecule has 0 atom stereocenters. The summed E-state index contributed by atoms with van der Waals surface area (Å²) in [7, 11) is 0. The van der Waals surface area contributed by atoms with Gasteiger partial charge in [0.1, 0.15) is 0 Å². The van der Waals surface area contributed by atoms with Crippen molar-refractivity contribution in [3.05, 3.63) is 46.5 Å². The summed E-state index contributed by atoms with van der Waals surface area (Å²) in [6.07, 6.45) is 1.32. The number of carbonyl (C=O) groups excluding carboxylic acids is 2. The number of hydrogen-bond donors (Lipinski definition) is 1. The normalized spacial score (nSPS) is 13.7. The van der Waals surface area contributed by atoms with Gasteiger partial charge in [0.05, 0.1) is 12.2 Å². The van der Waals surface area contributed by atoms with Crippen molar-refractivity contribution >= 4 is 28.3 Å². The molecule has 1 aromatic heterocycles. The molecule has 0 aliphatic carbocycles. The Labute approximate surface area is 145 Å². The maximum atomic E-state index is 12.2. The van der Waals surface area contributed by atoms with Gasteiger partial charge < -0.3 is 4.90 Å². The minimum absolute atomic E-state index is 0.158. The second kappa shape index (κ2) is 7.13. The number of anilines is 1. The van der Waals surface area contributed by atoms with Crippen LogP contribution in [0.5, 0.6) is 0 Å². The van der Waals surface area contributed by atoms with Gasteiger partial charge in [0.15, 0.2) is 5.13 Å². The molecule has 3 rings (SSSR count). The summed E-state index contributed by atoms with van der Waals surface area (Å²) in [6, 6.07) is 9.09. The van der Waals surface area contributed by atoms with E-state index >= 15 is 0 Å². The molecule has 2 aromatic rings. The molecule has 6 heteroatoms. The van der Waals surface area contributed by atoms with E-state index in [-0.39, 0.29) is 11.8 Å². The van der Waals surface area contributed by atoms with E-state index in [9.17, 15) is 9.59 Å². The monoisotopic (exact) mass is 343 g/mol. The van der Waals surface area contributed by atoms with Crippen LogP contribution in [0.2, 0.25) is 0 Å². The van der Waals surface area contributed by atoms with Crippen LogP contribution in [0.15, 0.2) is 30.3 Å². The van der Waals surface area contributed by atoms with Crippen LogP contribution < -0.4 is 5.32 Å². The molecule has 126 valence electrons. The third kappa shape index (κ3) is 3.82. The maximum Gasteiger partial charge on any atom is 0.257 e. The molecule has 2 amide bonds. The summed E-state index contributed by atoms with van der Waals surface area (Å²) in [5.41, 5.74) is 1.61. The topological polar surface area (TPSA) is 62.3 Å². The lowest BCUT2D eigenvalue weighted by Crippen LogP contribution is -2.36. The highest BCUT2D eigenvalue weighted by Crippen LogP contribution is 2.29. The summed E-state index contributed by atoms with van der Waals surface area (Å²) in [5.74, 6) is 0.398. The number of nitrogens with zero attached hydrogens (tertiary/aromatic N) is 2. The van der Waals surface area contributed by atoms with E-state index in [2.05, 4.69) is 24.1 Å². The van der Waals surface area contributed by atoms with Crippen LogP contribution in [0.1, 0.15) is 41.2 Å². The molecule has 0 fully saturated rings. The molecule has 1 aliphatic heterocycles. The van der Waals surface area contributed by atoms with Crippen molar-refractivity contribution in [1.82, 2.24) is 9.88 Å². The van der Waals surface area contributed by atoms with Crippen molar-refractivity contribution in [3.63, 3.8) is 0 Å². The van der Waals surface area contributed by atoms with Crippen molar-refractivity contribution in [2.24, 2.45) is 5.92 Å². The number of aromatic nitrogens is 1. The first-order valence-electron chi connectivity index (χ1n) is 8.15. The Kier molecular flexibility index (Phi) is 4.94. The molecular formula is C18H21N3O2S. The first-order valence-corrected chi connectivity index (χ1v) is 8.97. The Balaban J connectivity index is 1.67. The first kappa shape index (κ1) is 16.6. The summed E-state index contributed by atoms with van der Waals surface area (Å²) in [5, 5.41) is 3.46. The van der Waals surface area contributed by atoms with E-state index in [1.807, 2.05) is 23.1 Å². The fraction of sp³-hybridized carbons (Fsp3) is 0.389. The molecule has 1 aliphatic rings. The lowest BCUT2D eigenvalue weighted by atomic mass is 10.1. The minimum Gasteiger partial charge on any atom is -0.337 e. The number of thiazole rings is 1. The zero-order valence-corrected chi connectivity index (χ0v) is 14.7. The van der Waals surface area contributed by atoms with Gasteiger partial charge in [-0.25, -0.2) is 4.98 Å². The molecule has 0 spiro atoms. The number of amides is 2. The molecule has 0 radical (unpaired) electrons. The van der Waals surface area contributed by atoms with Gasteiger partial charge in [0.25, 0.3) is 5.91 Å². The van der Waals surface area contributed by atoms with Crippen LogP contribution in [0.3, 0.4) is 0 Å². The Morgan fingerprint density at radius 1 is 1.29 bits per heavy atom. The third-order valence-electron chi connectivity index (χ3n) is 3.92. The molecule has 0 bridgehead atoms. The van der Waals surface area contributed by atoms with E-state index in [0.29, 0.717) is 36.1 Å². The van der Waals surface area contributed by atoms with Crippen molar-refractivity contribution in [2.75, 3.05) is 11.9 Å². The van der Waals surface area contributed by atoms with Gasteiger partial charge in [-0.2, -0.15) is 0 Å². The maximum absolute atomic E-state index is 12.2. The number of rotatable bonds is 4. The van der Waals surface area contributed by atoms with Crippen molar-refractivity contribution < 1.29 is 9.59 Å². The third-order valence-corrected chi connectivity index (χ3v) is 4.92. The quantitative estimate of drug-likeness (QED) is 0.926. The van der Waals surface area contributed by atoms with Gasteiger partial charge in [0, 0.05) is 29.8 Å². The Morgan fingerprint density at radius 2 is 2.04 bits per heavy atom. The van der Waals surface area contributed by atoms with E-state index in [1.54, 1.807) is 12.1 Å². The van der Waals surface area contributed by atoms with Gasteiger partial charge in [-0.1, -0.05) is 43.4 Å². The molecule has 24 heavy (non-hydrogen) atoms. The summed E-state index contributed by atoms with van der Waals surface area (Å²) in [6.45, 7) is 5.41. The fourth-order valence-corrected chi connectivity index (χ4v) is 3.72. The Bertz CT molecular complexity index is 740. The van der Waals surface area contributed by atoms with E-state index < -0.39 is 0 Å². The predicted octanol–water partition coefficient (Wildman–Crippen LogP) is 3.33. The van der Waals surface area contributed by atoms with Crippen LogP contribution >= 0.6 is 11.3 Å². The van der Waals surface area contributed by atoms with Crippen molar-refractivity contribution in [1.29, 1.82) is 0 Å². The largest absolute Gasteiger partial charge is 0.337 e. The van der Waals surface area contributed by atoms with Crippen LogP contribution in [0.4, 0.5) is 5.13 Å². The molecule has 2 heterocycles. The lowest BCUT2D eigenvalue weighted by Gasteiger charge is -2.26. The van der Waals surface area contributed by atoms with E-state index in [1.165, 1.54) is 11.3 Å². The molecule has 5 nitrogen and oxygen atoms in total. The fourth-order valence-electron chi connectivity index (χ4n) is 2.70. The highest BCUT2D eigenvalue weighted by molar-refractivity contribution is 7.15. The van der Waals surface area contributed by atoms with Gasteiger partial charge in [-0.15, -0.1) is 0 Å². The van der Waals surface area contributed by atoms with E-state index in [4.69, 9.17) is 0 Å². The zero-order valence-electron chi connectivity index (χ0n) is 13.9. The average Bonchev–Trinajstić information content (AvgIpc) is 2.96. The van der Waals surface area contributed by atoms with Crippen molar-refractivity contribution in [3.8, 4) is 0 Å². The molecule has 1 aromatic carbocycles. The van der Waals surface area contributed by atoms with Gasteiger partial charge in [-0.05, 0) is 18.1 Å². The van der Waals surface area contributed by atoms with Gasteiger partial charge in [0.2, 0.25) is 5.91 Å². The number of nitrogens with one attached hydrogen (secondary N) is 1. The van der Waals surface area contributed by atoms with Crippen LogP contribution in [-0.4, -0.2) is 28.2 Å². The molecule has 0 saturated carbocycles. The Morgan fingerprint density at radius 3 is 2.75 bits per heavy atom. The van der Waals surface area contributed by atoms with E-state index in [0.717, 1.165) is 17.0 Å². The lowest BCUT2D eigenvalue weighted by molar-refractivity contribution is -0.132. The summed E-state index contributed by atoms with van der Waals surface area (Å²) in [4.78, 5) is 31.9. The van der Waals surface area contributed by atoms with Crippen LogP contribution in [0, 0.1) is 5.92 Å². The standard InChI is InChI=1S/C18H21N3O2S/c1-12(2)10-16(22)21-9-8-14-15(11-21)24-18(19-14)20-17(23)13-6-4-3-5-7-13/h3-7,12H,8-11H2,1-2H3,(H,19,20,23). The minimum atomic E-state index is -0.158. The second-order valence-electron chi connectivity index (χ2n) is 6.37. The highest BCUT2D eigenvalue weighted by atomic mass is 32.1. The number of hydrogen-bond acceptors (Lipinski definition) is 4. The van der Waals surface area contributed by atoms with Crippen LogP contribution in [-0.2, 0) is 17.8 Å². The molecule has 1 N–H and O–H groups in total. The summed E-state index contributed by atoms with van der Waals surface area (Å²) < 4.78 is 0. The Hall–Kier alpha value is -2.21. The second-order valence-corrected chi connectivity index (χ2v) is 7.46. The predicted molar refractivity (Wildman–Crippen MR) is 95.1 cm³/mol. The summed E-state index contributed by atoms with van der Waals surface area (Å²) >= 11 is 1.46. The van der Waals surface area contributed by atoms with Crippen LogP contribution in [0.25, 0.3) is 0 Å². The van der Waals surface area contributed by atoms with Gasteiger partial charge >= 0.3 is 0 Å². The van der Waals surface area contributed by atoms with Gasteiger partial charge in [-0.3, -0.25) is 14.9 Å². The first-order chi connectivity index (χ1) is 11.5. The number of benzene rings is 1. The number of carbonyl (C=O) groups is 2. The zero-order chi connectivity index (χ0) is 17.1. The SMILES string of the molecule is CC(C)CC(=O)N1CCc2nc(NC(=O)c3ccccc3)sc2C1. The molecule has 0 unspecified atom stereocenters. The average molecular weight is 343 g/mol. The number of fused-ring (bicyclic) bond motifs is 1. The van der Waals surface area contributed by atoms with Crippen molar-refractivity contribution in [2.45, 2.75) is 33.2 Å². The molecule has 0 saturated heterocycles.